The van der Waals surface area contributed by atoms with Crippen molar-refractivity contribution in [1.29, 1.82) is 0 Å². The molecular weight excluding hydrogens is 446 g/mol. The fourth-order valence-corrected chi connectivity index (χ4v) is 5.40. The predicted molar refractivity (Wildman–Crippen MR) is 135 cm³/mol. The molecule has 2 aromatic carbocycles. The minimum Gasteiger partial charge on any atom is -0.324 e. The number of nitrogens with zero attached hydrogens (tertiary/aromatic N) is 4. The second-order valence-electron chi connectivity index (χ2n) is 8.81. The molecule has 174 valence electrons. The van der Waals surface area contributed by atoms with Gasteiger partial charge in [0.25, 0.3) is 5.56 Å². The van der Waals surface area contributed by atoms with Crippen LogP contribution in [-0.4, -0.2) is 30.8 Å². The monoisotopic (exact) mass is 473 g/mol. The maximum Gasteiger partial charge on any atom is 0.265 e. The molecule has 0 aliphatic heterocycles. The molecule has 0 saturated carbocycles. The van der Waals surface area contributed by atoms with Crippen molar-refractivity contribution in [2.45, 2.75) is 50.7 Å². The number of rotatable bonds is 6. The molecule has 2 aromatic heterocycles. The van der Waals surface area contributed by atoms with Gasteiger partial charge in [-0.3, -0.25) is 9.59 Å². The van der Waals surface area contributed by atoms with Crippen LogP contribution in [0.2, 0.25) is 0 Å². The molecule has 8 heteroatoms. The van der Waals surface area contributed by atoms with Crippen molar-refractivity contribution >= 4 is 29.1 Å². The first-order chi connectivity index (χ1) is 16.4. The number of aromatic nitrogens is 4. The standard InChI is InChI=1S/C26H27N5O2S/c1-4-26(3)15-17-11-9-10-14-19(17)22-21(26)23(33)31-24(28-22)30(29-25(31)34-5-2)16-20(32)27-18-12-7-6-8-13-18/h6-14H,4-5,15-16H2,1-3H3,(H,27,32). The van der Waals surface area contributed by atoms with Crippen molar-refractivity contribution in [2.75, 3.05) is 11.1 Å². The number of carbonyl (C=O) groups is 1. The van der Waals surface area contributed by atoms with E-state index >= 15 is 0 Å². The Kier molecular flexibility index (Phi) is 5.77. The number of hydrogen-bond acceptors (Lipinski definition) is 5. The van der Waals surface area contributed by atoms with Gasteiger partial charge in [0.05, 0.1) is 11.3 Å². The van der Waals surface area contributed by atoms with Crippen molar-refractivity contribution in [3.63, 3.8) is 0 Å². The van der Waals surface area contributed by atoms with Crippen LogP contribution >= 0.6 is 11.8 Å². The van der Waals surface area contributed by atoms with Crippen LogP contribution in [0.5, 0.6) is 0 Å². The molecule has 1 aliphatic rings. The summed E-state index contributed by atoms with van der Waals surface area (Å²) in [6, 6.07) is 17.4. The van der Waals surface area contributed by atoms with Gasteiger partial charge in [-0.25, -0.2) is 14.1 Å². The molecule has 1 unspecified atom stereocenters. The molecule has 5 rings (SSSR count). The first-order valence-electron chi connectivity index (χ1n) is 11.5. The number of carbonyl (C=O) groups excluding carboxylic acids is 1. The lowest BCUT2D eigenvalue weighted by Gasteiger charge is -2.35. The summed E-state index contributed by atoms with van der Waals surface area (Å²) in [5, 5.41) is 8.09. The van der Waals surface area contributed by atoms with E-state index in [9.17, 15) is 9.59 Å². The molecule has 1 aliphatic carbocycles. The largest absolute Gasteiger partial charge is 0.324 e. The van der Waals surface area contributed by atoms with Crippen molar-refractivity contribution in [3.8, 4) is 11.3 Å². The van der Waals surface area contributed by atoms with Crippen LogP contribution in [0.3, 0.4) is 0 Å². The zero-order valence-electron chi connectivity index (χ0n) is 19.5. The second kappa shape index (κ2) is 8.76. The molecule has 0 bridgehead atoms. The molecule has 34 heavy (non-hydrogen) atoms. The normalized spacial score (nSPS) is 16.8. The van der Waals surface area contributed by atoms with Gasteiger partial charge in [-0.15, -0.1) is 5.10 Å². The highest BCUT2D eigenvalue weighted by atomic mass is 32.2. The number of fused-ring (bicyclic) bond motifs is 4. The zero-order valence-corrected chi connectivity index (χ0v) is 20.4. The Bertz CT molecular complexity index is 1440. The first kappa shape index (κ1) is 22.4. The van der Waals surface area contributed by atoms with E-state index in [1.165, 1.54) is 17.3 Å². The van der Waals surface area contributed by atoms with Crippen molar-refractivity contribution in [2.24, 2.45) is 0 Å². The third kappa shape index (κ3) is 3.72. The number of amides is 1. The van der Waals surface area contributed by atoms with E-state index in [1.807, 2.05) is 55.5 Å². The number of thioether (sulfide) groups is 1. The summed E-state index contributed by atoms with van der Waals surface area (Å²) in [5.74, 6) is 0.910. The molecule has 0 fully saturated rings. The number of hydrogen-bond donors (Lipinski definition) is 1. The van der Waals surface area contributed by atoms with Gasteiger partial charge in [0, 0.05) is 16.7 Å². The lowest BCUT2D eigenvalue weighted by Crippen LogP contribution is -2.38. The topological polar surface area (TPSA) is 81.3 Å². The smallest absolute Gasteiger partial charge is 0.265 e. The van der Waals surface area contributed by atoms with E-state index in [1.54, 1.807) is 9.08 Å². The fraction of sp³-hybridized carbons (Fsp3) is 0.308. The van der Waals surface area contributed by atoms with Gasteiger partial charge in [0.2, 0.25) is 11.7 Å². The molecule has 0 radical (unpaired) electrons. The summed E-state index contributed by atoms with van der Waals surface area (Å²) >= 11 is 1.47. The molecule has 1 amide bonds. The zero-order chi connectivity index (χ0) is 23.9. The van der Waals surface area contributed by atoms with Crippen molar-refractivity contribution in [3.05, 3.63) is 76.1 Å². The van der Waals surface area contributed by atoms with Crippen LogP contribution in [0, 0.1) is 0 Å². The highest BCUT2D eigenvalue weighted by Crippen LogP contribution is 2.42. The Morgan fingerprint density at radius 1 is 1.12 bits per heavy atom. The van der Waals surface area contributed by atoms with Gasteiger partial charge in [-0.2, -0.15) is 0 Å². The van der Waals surface area contributed by atoms with E-state index < -0.39 is 0 Å². The Labute approximate surface area is 202 Å². The third-order valence-electron chi connectivity index (χ3n) is 6.56. The summed E-state index contributed by atoms with van der Waals surface area (Å²) in [5.41, 5.74) is 3.90. The summed E-state index contributed by atoms with van der Waals surface area (Å²) < 4.78 is 3.13. The van der Waals surface area contributed by atoms with E-state index in [0.717, 1.165) is 29.7 Å². The maximum atomic E-state index is 14.0. The lowest BCUT2D eigenvalue weighted by atomic mass is 9.69. The number of benzene rings is 2. The SMILES string of the molecule is CCSc1nn(CC(=O)Nc2ccccc2)c2nc3c(c(=O)n12)C(C)(CC)Cc1ccccc1-3. The van der Waals surface area contributed by atoms with Gasteiger partial charge in [-0.05, 0) is 36.3 Å². The fourth-order valence-electron chi connectivity index (χ4n) is 4.69. The number of anilines is 1. The summed E-state index contributed by atoms with van der Waals surface area (Å²) in [6.07, 6.45) is 1.61. The predicted octanol–water partition coefficient (Wildman–Crippen LogP) is 4.53. The summed E-state index contributed by atoms with van der Waals surface area (Å²) in [6.45, 7) is 6.23. The maximum absolute atomic E-state index is 14.0. The van der Waals surface area contributed by atoms with Gasteiger partial charge in [0.1, 0.15) is 6.54 Å². The van der Waals surface area contributed by atoms with Crippen LogP contribution in [0.15, 0.2) is 64.5 Å². The van der Waals surface area contributed by atoms with Gasteiger partial charge in [0.15, 0.2) is 5.16 Å². The number of para-hydroxylation sites is 1. The quantitative estimate of drug-likeness (QED) is 0.416. The van der Waals surface area contributed by atoms with E-state index in [2.05, 4.69) is 30.3 Å². The first-order valence-corrected chi connectivity index (χ1v) is 12.5. The van der Waals surface area contributed by atoms with E-state index in [-0.39, 0.29) is 23.4 Å². The average molecular weight is 474 g/mol. The Balaban J connectivity index is 1.69. The number of nitrogens with one attached hydrogen (secondary N) is 1. The highest BCUT2D eigenvalue weighted by molar-refractivity contribution is 7.99. The molecule has 2 heterocycles. The minimum atomic E-state index is -0.324. The minimum absolute atomic E-state index is 0.0411. The lowest BCUT2D eigenvalue weighted by molar-refractivity contribution is -0.116. The van der Waals surface area contributed by atoms with Crippen LogP contribution in [-0.2, 0) is 23.2 Å². The average Bonchev–Trinajstić information content (AvgIpc) is 3.17. The molecular formula is C26H27N5O2S. The van der Waals surface area contributed by atoms with E-state index in [4.69, 9.17) is 4.98 Å². The second-order valence-corrected chi connectivity index (χ2v) is 10.0. The summed E-state index contributed by atoms with van der Waals surface area (Å²) in [7, 11) is 0. The Hall–Kier alpha value is -3.39. The van der Waals surface area contributed by atoms with Gasteiger partial charge in [-0.1, -0.05) is 75.0 Å². The van der Waals surface area contributed by atoms with Gasteiger partial charge < -0.3 is 5.32 Å². The van der Waals surface area contributed by atoms with Crippen LogP contribution in [0.1, 0.15) is 38.3 Å². The highest BCUT2D eigenvalue weighted by Gasteiger charge is 2.38. The van der Waals surface area contributed by atoms with Crippen LogP contribution in [0.4, 0.5) is 5.69 Å². The molecule has 0 spiro atoms. The molecule has 4 aromatic rings. The molecule has 0 saturated heterocycles. The molecule has 7 nitrogen and oxygen atoms in total. The third-order valence-corrected chi connectivity index (χ3v) is 7.37. The molecule has 1 atom stereocenters. The van der Waals surface area contributed by atoms with Crippen molar-refractivity contribution < 1.29 is 4.79 Å². The van der Waals surface area contributed by atoms with E-state index in [0.29, 0.717) is 22.3 Å². The van der Waals surface area contributed by atoms with Gasteiger partial charge >= 0.3 is 0 Å². The molecule has 1 N–H and O–H groups in total. The van der Waals surface area contributed by atoms with Crippen LogP contribution in [0.25, 0.3) is 17.0 Å². The Morgan fingerprint density at radius 2 is 1.85 bits per heavy atom. The van der Waals surface area contributed by atoms with Crippen molar-refractivity contribution in [1.82, 2.24) is 19.2 Å². The Morgan fingerprint density at radius 3 is 2.59 bits per heavy atom. The van der Waals surface area contributed by atoms with Crippen LogP contribution < -0.4 is 10.9 Å². The summed E-state index contributed by atoms with van der Waals surface area (Å²) in [4.78, 5) is 31.8.